The fourth-order valence-corrected chi connectivity index (χ4v) is 4.19. The molecule has 0 spiro atoms. The molecule has 3 heterocycles. The molecule has 7 heteroatoms. The van der Waals surface area contributed by atoms with Gasteiger partial charge in [-0.2, -0.15) is 4.98 Å². The molecule has 0 fully saturated rings. The Kier molecular flexibility index (Phi) is 4.57. The van der Waals surface area contributed by atoms with Crippen molar-refractivity contribution < 1.29 is 9.53 Å². The van der Waals surface area contributed by atoms with Crippen molar-refractivity contribution in [2.45, 2.75) is 0 Å². The first-order valence-corrected chi connectivity index (χ1v) is 10.1. The van der Waals surface area contributed by atoms with Gasteiger partial charge in [0, 0.05) is 17.3 Å². The Morgan fingerprint density at radius 2 is 1.80 bits per heavy atom. The molecule has 0 atom stereocenters. The molecule has 0 radical (unpaired) electrons. The average Bonchev–Trinajstić information content (AvgIpc) is 3.35. The van der Waals surface area contributed by atoms with Crippen molar-refractivity contribution in [1.29, 1.82) is 0 Å². The van der Waals surface area contributed by atoms with Crippen LogP contribution in [-0.2, 0) is 4.79 Å². The van der Waals surface area contributed by atoms with Crippen LogP contribution in [0, 0.1) is 0 Å². The Bertz CT molecular complexity index is 1280. The normalized spacial score (nSPS) is 15.1. The van der Waals surface area contributed by atoms with E-state index in [0.29, 0.717) is 28.1 Å². The van der Waals surface area contributed by atoms with Gasteiger partial charge < -0.3 is 4.74 Å². The number of amides is 1. The summed E-state index contributed by atoms with van der Waals surface area (Å²) in [5, 5.41) is 0.541. The zero-order valence-electron chi connectivity index (χ0n) is 16.0. The molecule has 6 nitrogen and oxygen atoms in total. The summed E-state index contributed by atoms with van der Waals surface area (Å²) < 4.78 is 6.33. The number of benzene rings is 2. The van der Waals surface area contributed by atoms with Crippen LogP contribution < -0.4 is 9.64 Å². The van der Waals surface area contributed by atoms with Crippen LogP contribution in [0.2, 0.25) is 0 Å². The summed E-state index contributed by atoms with van der Waals surface area (Å²) in [4.78, 5) is 28.5. The summed E-state index contributed by atoms with van der Waals surface area (Å²) in [5.74, 6) is 0.983. The second kappa shape index (κ2) is 7.53. The monoisotopic (exact) mass is 412 g/mol. The third kappa shape index (κ3) is 3.15. The average molecular weight is 412 g/mol. The Morgan fingerprint density at radius 1 is 1.00 bits per heavy atom. The number of methoxy groups -OCH3 is 1. The van der Waals surface area contributed by atoms with E-state index in [0.717, 1.165) is 15.8 Å². The van der Waals surface area contributed by atoms with Crippen LogP contribution in [0.15, 0.2) is 83.6 Å². The summed E-state index contributed by atoms with van der Waals surface area (Å²) in [6.45, 7) is 0. The van der Waals surface area contributed by atoms with Crippen molar-refractivity contribution in [3.05, 3.63) is 89.8 Å². The van der Waals surface area contributed by atoms with Crippen LogP contribution in [-0.4, -0.2) is 28.8 Å². The largest absolute Gasteiger partial charge is 0.496 e. The van der Waals surface area contributed by atoms with E-state index in [1.54, 1.807) is 24.3 Å². The van der Waals surface area contributed by atoms with Gasteiger partial charge in [0.25, 0.3) is 5.91 Å². The minimum Gasteiger partial charge on any atom is -0.496 e. The maximum absolute atomic E-state index is 13.4. The summed E-state index contributed by atoms with van der Waals surface area (Å²) in [6.07, 6.45) is 3.44. The number of hydrogen-bond donors (Lipinski definition) is 0. The van der Waals surface area contributed by atoms with Gasteiger partial charge in [-0.25, -0.2) is 14.9 Å². The lowest BCUT2D eigenvalue weighted by molar-refractivity contribution is -0.113. The molecular formula is C23H16N4O2S. The van der Waals surface area contributed by atoms with Gasteiger partial charge in [-0.3, -0.25) is 4.79 Å². The van der Waals surface area contributed by atoms with Crippen molar-refractivity contribution in [3.8, 4) is 5.75 Å². The number of aliphatic imine (C=N–C) groups is 1. The molecule has 0 unspecified atom stereocenters. The third-order valence-electron chi connectivity index (χ3n) is 4.67. The predicted molar refractivity (Wildman–Crippen MR) is 119 cm³/mol. The lowest BCUT2D eigenvalue weighted by Gasteiger charge is -2.14. The molecule has 2 aromatic carbocycles. The van der Waals surface area contributed by atoms with Gasteiger partial charge in [-0.1, -0.05) is 59.9 Å². The minimum atomic E-state index is -0.237. The highest BCUT2D eigenvalue weighted by Gasteiger charge is 2.34. The molecule has 4 aromatic rings. The van der Waals surface area contributed by atoms with Crippen LogP contribution in [0.25, 0.3) is 16.4 Å². The number of carbonyl (C=O) groups is 1. The molecule has 0 saturated heterocycles. The zero-order chi connectivity index (χ0) is 20.5. The number of pyridine rings is 1. The Balaban J connectivity index is 1.65. The molecule has 1 aliphatic heterocycles. The minimum absolute atomic E-state index is 0.237. The maximum Gasteiger partial charge on any atom is 0.284 e. The number of aromatic nitrogens is 2. The molecule has 146 valence electrons. The van der Waals surface area contributed by atoms with Gasteiger partial charge in [0.15, 0.2) is 5.65 Å². The molecule has 1 amide bonds. The van der Waals surface area contributed by atoms with Crippen molar-refractivity contribution in [2.75, 3.05) is 12.0 Å². The van der Waals surface area contributed by atoms with Crippen LogP contribution in [0.3, 0.4) is 0 Å². The zero-order valence-corrected chi connectivity index (χ0v) is 16.8. The highest BCUT2D eigenvalue weighted by molar-refractivity contribution is 7.22. The number of rotatable bonds is 4. The van der Waals surface area contributed by atoms with E-state index in [2.05, 4.69) is 15.0 Å². The van der Waals surface area contributed by atoms with Gasteiger partial charge in [-0.05, 0) is 24.3 Å². The second-order valence-corrected chi connectivity index (χ2v) is 7.54. The Hall–Kier alpha value is -3.84. The Morgan fingerprint density at radius 3 is 2.60 bits per heavy atom. The van der Waals surface area contributed by atoms with E-state index in [-0.39, 0.29) is 5.91 Å². The first-order valence-electron chi connectivity index (χ1n) is 9.29. The highest BCUT2D eigenvalue weighted by atomic mass is 32.1. The van der Waals surface area contributed by atoms with Crippen LogP contribution in [0.4, 0.5) is 5.13 Å². The topological polar surface area (TPSA) is 67.7 Å². The first kappa shape index (κ1) is 18.2. The number of ether oxygens (including phenoxy) is 1. The number of amidine groups is 1. The molecule has 0 saturated carbocycles. The van der Waals surface area contributed by atoms with E-state index in [1.807, 2.05) is 66.7 Å². The van der Waals surface area contributed by atoms with E-state index >= 15 is 0 Å². The smallest absolute Gasteiger partial charge is 0.284 e. The van der Waals surface area contributed by atoms with Crippen LogP contribution >= 0.6 is 11.3 Å². The lowest BCUT2D eigenvalue weighted by atomic mass is 10.1. The van der Waals surface area contributed by atoms with Crippen molar-refractivity contribution >= 4 is 44.6 Å². The standard InChI is InChI=1S/C23H16N4O2S/c1-29-18-11-6-5-10-16(18)14-17-22(28)27(21(25-17)15-8-3-2-4-9-15)23-26-20-19(30-23)12-7-13-24-20/h2-14H,1H3/b17-14+. The molecule has 2 aromatic heterocycles. The highest BCUT2D eigenvalue weighted by Crippen LogP contribution is 2.34. The number of carbonyl (C=O) groups excluding carboxylic acids is 1. The second-order valence-electron chi connectivity index (χ2n) is 6.54. The van der Waals surface area contributed by atoms with Crippen molar-refractivity contribution in [1.82, 2.24) is 9.97 Å². The summed E-state index contributed by atoms with van der Waals surface area (Å²) >= 11 is 1.41. The molecule has 1 aliphatic rings. The fourth-order valence-electron chi connectivity index (χ4n) is 3.26. The van der Waals surface area contributed by atoms with Crippen molar-refractivity contribution in [2.24, 2.45) is 4.99 Å². The third-order valence-corrected chi connectivity index (χ3v) is 5.66. The van der Waals surface area contributed by atoms with E-state index in [4.69, 9.17) is 4.74 Å². The van der Waals surface area contributed by atoms with E-state index in [9.17, 15) is 4.79 Å². The van der Waals surface area contributed by atoms with Crippen LogP contribution in [0.5, 0.6) is 5.75 Å². The van der Waals surface area contributed by atoms with Crippen LogP contribution in [0.1, 0.15) is 11.1 Å². The predicted octanol–water partition coefficient (Wildman–Crippen LogP) is 4.53. The number of para-hydroxylation sites is 1. The quantitative estimate of drug-likeness (QED) is 0.462. The summed E-state index contributed by atoms with van der Waals surface area (Å²) in [5.41, 5.74) is 2.55. The lowest BCUT2D eigenvalue weighted by Crippen LogP contribution is -2.32. The van der Waals surface area contributed by atoms with Crippen molar-refractivity contribution in [3.63, 3.8) is 0 Å². The molecule has 0 aliphatic carbocycles. The van der Waals surface area contributed by atoms with Gasteiger partial charge in [0.1, 0.15) is 17.3 Å². The number of fused-ring (bicyclic) bond motifs is 1. The Labute approximate surface area is 176 Å². The number of thiazole rings is 1. The summed E-state index contributed by atoms with van der Waals surface area (Å²) in [6, 6.07) is 20.9. The van der Waals surface area contributed by atoms with Gasteiger partial charge >= 0.3 is 0 Å². The maximum atomic E-state index is 13.4. The molecule has 5 rings (SSSR count). The molecular weight excluding hydrogens is 396 g/mol. The number of nitrogens with zero attached hydrogens (tertiary/aromatic N) is 4. The SMILES string of the molecule is COc1ccccc1/C=C1/N=C(c2ccccc2)N(c2nc3ncccc3s2)C1=O. The fraction of sp³-hybridized carbons (Fsp3) is 0.0435. The van der Waals surface area contributed by atoms with E-state index in [1.165, 1.54) is 11.3 Å². The molecule has 0 N–H and O–H groups in total. The van der Waals surface area contributed by atoms with E-state index < -0.39 is 0 Å². The summed E-state index contributed by atoms with van der Waals surface area (Å²) in [7, 11) is 1.60. The number of hydrogen-bond acceptors (Lipinski definition) is 6. The molecule has 0 bridgehead atoms. The van der Waals surface area contributed by atoms with Gasteiger partial charge in [0.2, 0.25) is 5.13 Å². The van der Waals surface area contributed by atoms with Gasteiger partial charge in [0.05, 0.1) is 11.8 Å². The number of anilines is 1. The first-order chi connectivity index (χ1) is 14.7. The molecule has 30 heavy (non-hydrogen) atoms. The van der Waals surface area contributed by atoms with Gasteiger partial charge in [-0.15, -0.1) is 0 Å².